The van der Waals surface area contributed by atoms with Crippen LogP contribution in [-0.4, -0.2) is 62.0 Å². The maximum Gasteiger partial charge on any atom is 0.253 e. The summed E-state index contributed by atoms with van der Waals surface area (Å²) >= 11 is 0. The Morgan fingerprint density at radius 2 is 1.53 bits per heavy atom. The molecule has 176 valence electrons. The second-order valence-electron chi connectivity index (χ2n) is 8.11. The first kappa shape index (κ1) is 23.4. The molecule has 0 unspecified atom stereocenters. The molecule has 4 rings (SSSR count). The number of carbonyl (C=O) groups is 2. The molecule has 1 aliphatic heterocycles. The molecule has 2 heterocycles. The number of amides is 2. The summed E-state index contributed by atoms with van der Waals surface area (Å²) in [5.74, 6) is -0.645. The van der Waals surface area contributed by atoms with Crippen molar-refractivity contribution in [2.75, 3.05) is 42.1 Å². The van der Waals surface area contributed by atoms with Crippen molar-refractivity contribution in [3.8, 4) is 0 Å². The molecule has 34 heavy (non-hydrogen) atoms. The first-order valence-corrected chi connectivity index (χ1v) is 12.8. The number of nitrogens with one attached hydrogen (secondary N) is 1. The summed E-state index contributed by atoms with van der Waals surface area (Å²) in [6, 6.07) is 21.0. The van der Waals surface area contributed by atoms with Crippen LogP contribution < -0.4 is 10.2 Å². The van der Waals surface area contributed by atoms with Crippen molar-refractivity contribution in [1.29, 1.82) is 0 Å². The van der Waals surface area contributed by atoms with Crippen LogP contribution in [0.3, 0.4) is 0 Å². The van der Waals surface area contributed by atoms with Crippen LogP contribution in [-0.2, 0) is 20.4 Å². The van der Waals surface area contributed by atoms with Gasteiger partial charge < -0.3 is 15.1 Å². The molecule has 0 radical (unpaired) electrons. The van der Waals surface area contributed by atoms with Crippen molar-refractivity contribution in [3.63, 3.8) is 0 Å². The number of aromatic nitrogens is 1. The van der Waals surface area contributed by atoms with Gasteiger partial charge in [-0.3, -0.25) is 9.59 Å². The normalized spacial score (nSPS) is 14.0. The molecule has 1 aliphatic rings. The van der Waals surface area contributed by atoms with Crippen molar-refractivity contribution in [2.45, 2.75) is 5.75 Å². The minimum absolute atomic E-state index is 0.0858. The van der Waals surface area contributed by atoms with E-state index in [1.165, 1.54) is 0 Å². The van der Waals surface area contributed by atoms with Gasteiger partial charge >= 0.3 is 0 Å². The second-order valence-corrected chi connectivity index (χ2v) is 10.2. The van der Waals surface area contributed by atoms with Crippen LogP contribution >= 0.6 is 0 Å². The Hall–Kier alpha value is -3.72. The minimum atomic E-state index is -3.66. The molecule has 0 saturated carbocycles. The number of nitrogens with zero attached hydrogens (tertiary/aromatic N) is 3. The topological polar surface area (TPSA) is 99.7 Å². The Kier molecular flexibility index (Phi) is 7.22. The molecule has 8 nitrogen and oxygen atoms in total. The van der Waals surface area contributed by atoms with E-state index < -0.39 is 21.5 Å². The van der Waals surface area contributed by atoms with E-state index in [2.05, 4.69) is 15.2 Å². The molecule has 1 aromatic heterocycles. The van der Waals surface area contributed by atoms with Gasteiger partial charge in [0.05, 0.1) is 5.75 Å². The molecule has 0 spiro atoms. The summed E-state index contributed by atoms with van der Waals surface area (Å²) in [5.41, 5.74) is 1.59. The molecule has 1 N–H and O–H groups in total. The van der Waals surface area contributed by atoms with Crippen molar-refractivity contribution in [3.05, 3.63) is 90.1 Å². The van der Waals surface area contributed by atoms with Gasteiger partial charge in [-0.25, -0.2) is 13.4 Å². The van der Waals surface area contributed by atoms with E-state index in [0.717, 1.165) is 5.82 Å². The van der Waals surface area contributed by atoms with Gasteiger partial charge in [0.2, 0.25) is 5.91 Å². The van der Waals surface area contributed by atoms with E-state index in [0.29, 0.717) is 43.0 Å². The van der Waals surface area contributed by atoms with Crippen LogP contribution in [0.4, 0.5) is 11.5 Å². The fourth-order valence-corrected chi connectivity index (χ4v) is 5.10. The minimum Gasteiger partial charge on any atom is -0.353 e. The Labute approximate surface area is 199 Å². The quantitative estimate of drug-likeness (QED) is 0.560. The first-order chi connectivity index (χ1) is 16.4. The Balaban J connectivity index is 1.30. The van der Waals surface area contributed by atoms with Crippen LogP contribution in [0.25, 0.3) is 0 Å². The predicted octanol–water partition coefficient (Wildman–Crippen LogP) is 2.60. The molecule has 2 aromatic carbocycles. The number of sulfone groups is 1. The standard InChI is InChI=1S/C25H26N4O4S/c30-24(27-22-6-2-1-3-7-22)19-34(32,33)18-20-9-11-21(12-10-20)25(31)29-16-14-28(15-17-29)23-8-4-5-13-26-23/h1-13H,14-19H2,(H,27,30). The molecule has 0 atom stereocenters. The lowest BCUT2D eigenvalue weighted by molar-refractivity contribution is -0.113. The van der Waals surface area contributed by atoms with Crippen molar-refractivity contribution >= 4 is 33.2 Å². The smallest absolute Gasteiger partial charge is 0.253 e. The number of hydrogen-bond acceptors (Lipinski definition) is 6. The van der Waals surface area contributed by atoms with Gasteiger partial charge in [-0.1, -0.05) is 36.4 Å². The summed E-state index contributed by atoms with van der Waals surface area (Å²) in [6.07, 6.45) is 1.75. The molecule has 0 bridgehead atoms. The number of pyridine rings is 1. The number of anilines is 2. The van der Waals surface area contributed by atoms with Gasteiger partial charge in [0.1, 0.15) is 11.6 Å². The van der Waals surface area contributed by atoms with Gasteiger partial charge in [-0.2, -0.15) is 0 Å². The summed E-state index contributed by atoms with van der Waals surface area (Å²) in [6.45, 7) is 2.57. The highest BCUT2D eigenvalue weighted by atomic mass is 32.2. The van der Waals surface area contributed by atoms with E-state index in [1.807, 2.05) is 24.3 Å². The lowest BCUT2D eigenvalue weighted by atomic mass is 10.1. The third-order valence-electron chi connectivity index (χ3n) is 5.54. The number of rotatable bonds is 7. The lowest BCUT2D eigenvalue weighted by Gasteiger charge is -2.35. The number of piperazine rings is 1. The van der Waals surface area contributed by atoms with Crippen LogP contribution in [0, 0.1) is 0 Å². The number of benzene rings is 2. The van der Waals surface area contributed by atoms with Gasteiger partial charge in [-0.15, -0.1) is 0 Å². The zero-order valence-corrected chi connectivity index (χ0v) is 19.4. The SMILES string of the molecule is O=C(CS(=O)(=O)Cc1ccc(C(=O)N2CCN(c3ccccn3)CC2)cc1)Nc1ccccc1. The Morgan fingerprint density at radius 1 is 0.853 bits per heavy atom. The third-order valence-corrected chi connectivity index (χ3v) is 7.01. The molecular formula is C25H26N4O4S. The highest BCUT2D eigenvalue weighted by molar-refractivity contribution is 7.91. The van der Waals surface area contributed by atoms with Crippen LogP contribution in [0.15, 0.2) is 79.0 Å². The van der Waals surface area contributed by atoms with E-state index in [9.17, 15) is 18.0 Å². The monoisotopic (exact) mass is 478 g/mol. The number of para-hydroxylation sites is 1. The number of carbonyl (C=O) groups excluding carboxylic acids is 2. The van der Waals surface area contributed by atoms with E-state index in [1.54, 1.807) is 59.6 Å². The first-order valence-electron chi connectivity index (χ1n) is 11.0. The Bertz CT molecular complexity index is 1220. The summed E-state index contributed by atoms with van der Waals surface area (Å²) in [7, 11) is -3.66. The van der Waals surface area contributed by atoms with Crippen molar-refractivity contribution in [1.82, 2.24) is 9.88 Å². The van der Waals surface area contributed by atoms with E-state index in [4.69, 9.17) is 0 Å². The molecule has 3 aromatic rings. The lowest BCUT2D eigenvalue weighted by Crippen LogP contribution is -2.49. The van der Waals surface area contributed by atoms with Gasteiger partial charge in [0.15, 0.2) is 9.84 Å². The fraction of sp³-hybridized carbons (Fsp3) is 0.240. The summed E-state index contributed by atoms with van der Waals surface area (Å²) < 4.78 is 24.9. The zero-order valence-electron chi connectivity index (χ0n) is 18.6. The maximum absolute atomic E-state index is 12.9. The zero-order chi connectivity index (χ0) is 24.0. The van der Waals surface area contributed by atoms with Gasteiger partial charge in [0, 0.05) is 43.6 Å². The number of hydrogen-bond donors (Lipinski definition) is 1. The molecule has 0 aliphatic carbocycles. The van der Waals surface area contributed by atoms with Crippen molar-refractivity contribution < 1.29 is 18.0 Å². The summed E-state index contributed by atoms with van der Waals surface area (Å²) in [5, 5.41) is 2.58. The maximum atomic E-state index is 12.9. The Morgan fingerprint density at radius 3 is 2.18 bits per heavy atom. The van der Waals surface area contributed by atoms with Crippen LogP contribution in [0.1, 0.15) is 15.9 Å². The average molecular weight is 479 g/mol. The van der Waals surface area contributed by atoms with Crippen LogP contribution in [0.5, 0.6) is 0 Å². The molecular weight excluding hydrogens is 452 g/mol. The fourth-order valence-electron chi connectivity index (χ4n) is 3.83. The molecule has 1 saturated heterocycles. The van der Waals surface area contributed by atoms with Gasteiger partial charge in [0.25, 0.3) is 5.91 Å². The highest BCUT2D eigenvalue weighted by Gasteiger charge is 2.23. The van der Waals surface area contributed by atoms with Gasteiger partial charge in [-0.05, 0) is 42.0 Å². The third kappa shape index (κ3) is 6.20. The summed E-state index contributed by atoms with van der Waals surface area (Å²) in [4.78, 5) is 33.3. The van der Waals surface area contributed by atoms with E-state index >= 15 is 0 Å². The van der Waals surface area contributed by atoms with Crippen molar-refractivity contribution in [2.24, 2.45) is 0 Å². The predicted molar refractivity (Wildman–Crippen MR) is 131 cm³/mol. The highest BCUT2D eigenvalue weighted by Crippen LogP contribution is 2.16. The molecule has 2 amide bonds. The van der Waals surface area contributed by atoms with E-state index in [-0.39, 0.29) is 11.7 Å². The molecule has 1 fully saturated rings. The average Bonchev–Trinajstić information content (AvgIpc) is 2.84. The second kappa shape index (κ2) is 10.5. The largest absolute Gasteiger partial charge is 0.353 e. The van der Waals surface area contributed by atoms with Crippen LogP contribution in [0.2, 0.25) is 0 Å². The molecule has 9 heteroatoms.